The molecule has 9 rings (SSSR count). The van der Waals surface area contributed by atoms with Gasteiger partial charge in [-0.1, -0.05) is 147 Å². The molecule has 0 atom stereocenters. The van der Waals surface area contributed by atoms with Crippen LogP contribution in [0.25, 0.3) is 77.7 Å². The van der Waals surface area contributed by atoms with E-state index in [-0.39, 0.29) is 28.3 Å². The van der Waals surface area contributed by atoms with Gasteiger partial charge in [0.05, 0.1) is 26.5 Å². The molecule has 0 bridgehead atoms. The second-order valence-electron chi connectivity index (χ2n) is 12.2. The second kappa shape index (κ2) is 10.6. The Labute approximate surface area is 290 Å². The van der Waals surface area contributed by atoms with E-state index < -0.39 is 71.9 Å². The maximum atomic E-state index is 9.38. The summed E-state index contributed by atoms with van der Waals surface area (Å²) < 4.78 is 94.9. The number of hydrogen-bond acceptors (Lipinski definition) is 2. The molecule has 1 aliphatic rings. The number of benzene rings is 7. The average Bonchev–Trinajstić information content (AvgIpc) is 3.47. The van der Waals surface area contributed by atoms with Gasteiger partial charge in [-0.25, -0.2) is 9.97 Å². The highest BCUT2D eigenvalue weighted by atomic mass is 14.9. The molecule has 2 heteroatoms. The number of aromatic nitrogens is 2. The fourth-order valence-electron chi connectivity index (χ4n) is 6.93. The Kier molecular flexibility index (Phi) is 4.14. The quantitative estimate of drug-likeness (QED) is 0.198. The molecule has 222 valence electrons. The summed E-state index contributed by atoms with van der Waals surface area (Å²) in [5, 5.41) is 4.08. The normalized spacial score (nSPS) is 16.3. The van der Waals surface area contributed by atoms with Crippen molar-refractivity contribution in [2.75, 3.05) is 0 Å². The van der Waals surface area contributed by atoms with Gasteiger partial charge in [0.1, 0.15) is 0 Å². The van der Waals surface area contributed by atoms with Crippen molar-refractivity contribution in [1.29, 1.82) is 0 Å². The van der Waals surface area contributed by atoms with Gasteiger partial charge in [-0.05, 0) is 79.2 Å². The summed E-state index contributed by atoms with van der Waals surface area (Å²) in [5.41, 5.74) is 4.34. The lowest BCUT2D eigenvalue weighted by molar-refractivity contribution is 0.666. The van der Waals surface area contributed by atoms with Crippen LogP contribution in [0.4, 0.5) is 0 Å². The molecule has 0 unspecified atom stereocenters. The van der Waals surface area contributed by atoms with E-state index in [1.807, 2.05) is 48.5 Å². The van der Waals surface area contributed by atoms with Crippen LogP contribution in [0.3, 0.4) is 0 Å². The molecule has 0 fully saturated rings. The molecule has 7 aromatic carbocycles. The molecule has 0 spiro atoms. The minimum absolute atomic E-state index is 0.0103. The van der Waals surface area contributed by atoms with Gasteiger partial charge < -0.3 is 0 Å². The fraction of sp³-hybridized carbons (Fsp3) is 0.0667. The van der Waals surface area contributed by atoms with Gasteiger partial charge in [0, 0.05) is 22.1 Å². The predicted molar refractivity (Wildman–Crippen MR) is 196 cm³/mol. The minimum Gasteiger partial charge on any atom is -0.228 e. The zero-order valence-electron chi connectivity index (χ0n) is 36.6. The number of fused-ring (bicyclic) bond motifs is 6. The molecule has 1 heterocycles. The lowest BCUT2D eigenvalue weighted by atomic mass is 9.79. The van der Waals surface area contributed by atoms with E-state index in [2.05, 4.69) is 56.3 Å². The van der Waals surface area contributed by atoms with E-state index in [0.29, 0.717) is 5.56 Å². The van der Waals surface area contributed by atoms with Crippen LogP contribution in [0.2, 0.25) is 0 Å². The topological polar surface area (TPSA) is 25.8 Å². The molecule has 47 heavy (non-hydrogen) atoms. The minimum atomic E-state index is -0.635. The largest absolute Gasteiger partial charge is 0.228 e. The van der Waals surface area contributed by atoms with Crippen molar-refractivity contribution in [3.8, 4) is 56.2 Å². The fourth-order valence-corrected chi connectivity index (χ4v) is 6.93. The Morgan fingerprint density at radius 3 is 1.83 bits per heavy atom. The molecule has 1 aromatic heterocycles. The van der Waals surface area contributed by atoms with Crippen LogP contribution in [-0.2, 0) is 5.41 Å². The highest BCUT2D eigenvalue weighted by Gasteiger charge is 2.39. The van der Waals surface area contributed by atoms with E-state index in [1.165, 1.54) is 0 Å². The molecule has 8 aromatic rings. The number of rotatable bonds is 4. The predicted octanol–water partition coefficient (Wildman–Crippen LogP) is 11.8. The Balaban J connectivity index is 1.40. The zero-order valence-corrected chi connectivity index (χ0v) is 25.6. The van der Waals surface area contributed by atoms with E-state index in [1.54, 1.807) is 0 Å². The highest BCUT2D eigenvalue weighted by molar-refractivity contribution is 6.05. The van der Waals surface area contributed by atoms with Crippen LogP contribution in [0, 0.1) is 0 Å². The Bertz CT molecular complexity index is 2970. The van der Waals surface area contributed by atoms with Gasteiger partial charge in [-0.15, -0.1) is 0 Å². The van der Waals surface area contributed by atoms with E-state index >= 15 is 0 Å². The molecule has 0 saturated heterocycles. The first-order chi connectivity index (χ1) is 27.6. The van der Waals surface area contributed by atoms with Crippen molar-refractivity contribution in [2.24, 2.45) is 0 Å². The molecular weight excluding hydrogens is 569 g/mol. The van der Waals surface area contributed by atoms with Crippen molar-refractivity contribution in [3.63, 3.8) is 0 Å². The molecular formula is C45H32N2. The summed E-state index contributed by atoms with van der Waals surface area (Å²) in [6.07, 6.45) is 0. The molecule has 0 aliphatic heterocycles. The van der Waals surface area contributed by atoms with Crippen molar-refractivity contribution in [1.82, 2.24) is 9.97 Å². The van der Waals surface area contributed by atoms with Crippen LogP contribution in [0.5, 0.6) is 0 Å². The first-order valence-corrected chi connectivity index (χ1v) is 15.4. The monoisotopic (exact) mass is 611 g/mol. The van der Waals surface area contributed by atoms with Crippen molar-refractivity contribution in [3.05, 3.63) is 169 Å². The van der Waals surface area contributed by atoms with Gasteiger partial charge in [0.25, 0.3) is 0 Å². The third-order valence-electron chi connectivity index (χ3n) is 9.11. The van der Waals surface area contributed by atoms with Crippen molar-refractivity contribution < 1.29 is 15.1 Å². The SMILES string of the molecule is [2H]c1c(-c2c([2H])c([2H])c([2H])c([2H])c2[2H])nc(-c2cc3ccc(-c4ccc5ccccc5c4)cc3c3c2-c2ccccc2C3(C)C)nc1-c1c([2H])c([2H])c([2H])c([2H])c1[2H]. The van der Waals surface area contributed by atoms with Crippen LogP contribution in [0.1, 0.15) is 40.1 Å². The maximum absolute atomic E-state index is 9.38. The van der Waals surface area contributed by atoms with Gasteiger partial charge >= 0.3 is 0 Å². The molecule has 0 amide bonds. The van der Waals surface area contributed by atoms with E-state index in [0.717, 1.165) is 54.9 Å². The van der Waals surface area contributed by atoms with Crippen LogP contribution in [0.15, 0.2) is 157 Å². The first-order valence-electron chi connectivity index (χ1n) is 20.9. The second-order valence-corrected chi connectivity index (χ2v) is 12.2. The zero-order chi connectivity index (χ0) is 41.1. The first kappa shape index (κ1) is 18.3. The summed E-state index contributed by atoms with van der Waals surface area (Å²) in [4.78, 5) is 9.67. The van der Waals surface area contributed by atoms with Gasteiger partial charge in [0.15, 0.2) is 5.82 Å². The molecule has 0 radical (unpaired) electrons. The van der Waals surface area contributed by atoms with Crippen LogP contribution in [-0.4, -0.2) is 9.97 Å². The summed E-state index contributed by atoms with van der Waals surface area (Å²) in [7, 11) is 0. The Hall–Kier alpha value is -5.86. The number of hydrogen-bond donors (Lipinski definition) is 0. The average molecular weight is 612 g/mol. The van der Waals surface area contributed by atoms with Crippen molar-refractivity contribution in [2.45, 2.75) is 19.3 Å². The van der Waals surface area contributed by atoms with E-state index in [4.69, 9.17) is 23.7 Å². The van der Waals surface area contributed by atoms with Crippen molar-refractivity contribution >= 4 is 21.5 Å². The van der Waals surface area contributed by atoms with Gasteiger partial charge in [0.2, 0.25) is 0 Å². The molecule has 0 saturated carbocycles. The summed E-state index contributed by atoms with van der Waals surface area (Å²) >= 11 is 0. The summed E-state index contributed by atoms with van der Waals surface area (Å²) in [5.74, 6) is -0.0103. The lowest BCUT2D eigenvalue weighted by Gasteiger charge is -2.24. The highest BCUT2D eigenvalue weighted by Crippen LogP contribution is 2.55. The van der Waals surface area contributed by atoms with Crippen LogP contribution >= 0.6 is 0 Å². The smallest absolute Gasteiger partial charge is 0.161 e. The Morgan fingerprint density at radius 1 is 0.532 bits per heavy atom. The molecule has 2 nitrogen and oxygen atoms in total. The summed E-state index contributed by atoms with van der Waals surface area (Å²) in [6.45, 7) is 4.29. The lowest BCUT2D eigenvalue weighted by Crippen LogP contribution is -2.15. The van der Waals surface area contributed by atoms with Gasteiger partial charge in [-0.3, -0.25) is 0 Å². The third kappa shape index (κ3) is 4.48. The van der Waals surface area contributed by atoms with E-state index in [9.17, 15) is 1.37 Å². The standard InChI is InChI=1S/C45H32N2/c1-45(2)39-20-12-11-19-36(39)42-38(44-46-40(30-14-5-3-6-15-30)28-41(47-44)31-16-7-4-8-17-31)27-35-24-23-34(26-37(35)43(42)45)33-22-21-29-13-9-10-18-32(29)25-33/h3-28H,1-2H3/i3D,4D,5D,6D,7D,8D,14D,15D,16D,17D,28D. The molecule has 1 aliphatic carbocycles. The molecule has 0 N–H and O–H groups in total. The maximum Gasteiger partial charge on any atom is 0.161 e. The third-order valence-corrected chi connectivity index (χ3v) is 9.11. The summed E-state index contributed by atoms with van der Waals surface area (Å²) in [6, 6.07) is 24.0. The van der Waals surface area contributed by atoms with Gasteiger partial charge in [-0.2, -0.15) is 0 Å². The van der Waals surface area contributed by atoms with Crippen LogP contribution < -0.4 is 0 Å². The Morgan fingerprint density at radius 2 is 1.13 bits per heavy atom. The number of nitrogens with zero attached hydrogens (tertiary/aromatic N) is 2.